The van der Waals surface area contributed by atoms with Gasteiger partial charge in [-0.15, -0.1) is 0 Å². The zero-order chi connectivity index (χ0) is 19.0. The van der Waals surface area contributed by atoms with Crippen LogP contribution in [0.3, 0.4) is 0 Å². The van der Waals surface area contributed by atoms with Gasteiger partial charge >= 0.3 is 0 Å². The van der Waals surface area contributed by atoms with E-state index in [-0.39, 0.29) is 5.91 Å². The normalized spacial score (nSPS) is 19.7. The number of amides is 1. The van der Waals surface area contributed by atoms with Crippen LogP contribution in [0.25, 0.3) is 10.9 Å². The summed E-state index contributed by atoms with van der Waals surface area (Å²) in [4.78, 5) is 21.1. The first-order chi connectivity index (χ1) is 13.0. The molecule has 0 radical (unpaired) electrons. The van der Waals surface area contributed by atoms with Crippen molar-refractivity contribution in [1.29, 1.82) is 0 Å². The summed E-state index contributed by atoms with van der Waals surface area (Å²) in [6.45, 7) is 11.9. The molecule has 4 rings (SSSR count). The average Bonchev–Trinajstić information content (AvgIpc) is 3.03. The Morgan fingerprint density at radius 3 is 2.44 bits per heavy atom. The van der Waals surface area contributed by atoms with Crippen molar-refractivity contribution >= 4 is 16.8 Å². The van der Waals surface area contributed by atoms with Gasteiger partial charge in [-0.25, -0.2) is 0 Å². The van der Waals surface area contributed by atoms with Gasteiger partial charge in [0.05, 0.1) is 19.6 Å². The van der Waals surface area contributed by atoms with Gasteiger partial charge in [-0.05, 0) is 50.3 Å². The lowest BCUT2D eigenvalue weighted by Crippen LogP contribution is -2.50. The summed E-state index contributed by atoms with van der Waals surface area (Å²) in [5, 5.41) is 1.24. The number of H-pyrrole nitrogens is 1. The van der Waals surface area contributed by atoms with Gasteiger partial charge in [0.15, 0.2) is 0 Å². The van der Waals surface area contributed by atoms with E-state index in [1.807, 2.05) is 0 Å². The molecule has 2 saturated heterocycles. The number of fused-ring (bicyclic) bond motifs is 1. The standard InChI is InChI=1S/C22H31N3O2/c1-15-4-5-16(2)22-21(15)19(17(3)23-22)14-20(26)25-8-6-18(7-9-25)24-10-12-27-13-11-24/h4-5,18,23H,6-14H2,1-3H3. The molecular weight excluding hydrogens is 338 g/mol. The minimum Gasteiger partial charge on any atom is -0.379 e. The number of aromatic amines is 1. The second-order valence-electron chi connectivity index (χ2n) is 8.11. The molecule has 0 aliphatic carbocycles. The highest BCUT2D eigenvalue weighted by molar-refractivity contribution is 5.93. The van der Waals surface area contributed by atoms with Gasteiger partial charge in [-0.3, -0.25) is 9.69 Å². The van der Waals surface area contributed by atoms with Crippen molar-refractivity contribution in [3.05, 3.63) is 34.5 Å². The van der Waals surface area contributed by atoms with E-state index in [9.17, 15) is 4.79 Å². The molecule has 1 N–H and O–H groups in total. The predicted octanol–water partition coefficient (Wildman–Crippen LogP) is 2.96. The van der Waals surface area contributed by atoms with E-state index in [0.29, 0.717) is 12.5 Å². The topological polar surface area (TPSA) is 48.6 Å². The van der Waals surface area contributed by atoms with Crippen molar-refractivity contribution in [3.8, 4) is 0 Å². The van der Waals surface area contributed by atoms with Crippen molar-refractivity contribution in [1.82, 2.24) is 14.8 Å². The van der Waals surface area contributed by atoms with Crippen molar-refractivity contribution in [2.45, 2.75) is 46.1 Å². The highest BCUT2D eigenvalue weighted by atomic mass is 16.5. The molecule has 0 saturated carbocycles. The van der Waals surface area contributed by atoms with Crippen LogP contribution in [0.1, 0.15) is 35.2 Å². The molecule has 1 aromatic heterocycles. The third-order valence-corrected chi connectivity index (χ3v) is 6.40. The molecule has 2 fully saturated rings. The van der Waals surface area contributed by atoms with Gasteiger partial charge in [0.1, 0.15) is 0 Å². The number of morpholine rings is 1. The highest BCUT2D eigenvalue weighted by Crippen LogP contribution is 2.29. The molecule has 0 atom stereocenters. The van der Waals surface area contributed by atoms with Crippen LogP contribution < -0.4 is 0 Å². The molecule has 0 bridgehead atoms. The van der Waals surface area contributed by atoms with Crippen LogP contribution >= 0.6 is 0 Å². The molecule has 5 heteroatoms. The SMILES string of the molecule is Cc1[nH]c2c(C)ccc(C)c2c1CC(=O)N1CCC(N2CCOCC2)CC1. The van der Waals surface area contributed by atoms with Crippen LogP contribution in [0.4, 0.5) is 0 Å². The smallest absolute Gasteiger partial charge is 0.227 e. The molecule has 2 aliphatic heterocycles. The Bertz CT molecular complexity index is 828. The Kier molecular flexibility index (Phi) is 5.24. The molecule has 0 unspecified atom stereocenters. The first kappa shape index (κ1) is 18.5. The molecular formula is C22H31N3O2. The number of nitrogens with one attached hydrogen (secondary N) is 1. The minimum atomic E-state index is 0.264. The van der Waals surface area contributed by atoms with E-state index in [1.165, 1.54) is 27.6 Å². The monoisotopic (exact) mass is 369 g/mol. The summed E-state index contributed by atoms with van der Waals surface area (Å²) < 4.78 is 5.46. The number of rotatable bonds is 3. The average molecular weight is 370 g/mol. The second-order valence-corrected chi connectivity index (χ2v) is 8.11. The molecule has 146 valence electrons. The fraction of sp³-hybridized carbons (Fsp3) is 0.591. The van der Waals surface area contributed by atoms with E-state index in [2.05, 4.69) is 47.7 Å². The maximum atomic E-state index is 13.0. The summed E-state index contributed by atoms with van der Waals surface area (Å²) in [5.74, 6) is 0.264. The third-order valence-electron chi connectivity index (χ3n) is 6.40. The lowest BCUT2D eigenvalue weighted by Gasteiger charge is -2.40. The van der Waals surface area contributed by atoms with Crippen LogP contribution in [-0.4, -0.2) is 66.1 Å². The Balaban J connectivity index is 1.44. The third kappa shape index (κ3) is 3.63. The number of carbonyl (C=O) groups excluding carboxylic acids is 1. The second kappa shape index (κ2) is 7.64. The largest absolute Gasteiger partial charge is 0.379 e. The van der Waals surface area contributed by atoms with Crippen LogP contribution in [0.5, 0.6) is 0 Å². The highest BCUT2D eigenvalue weighted by Gasteiger charge is 2.28. The van der Waals surface area contributed by atoms with E-state index >= 15 is 0 Å². The first-order valence-electron chi connectivity index (χ1n) is 10.2. The summed E-state index contributed by atoms with van der Waals surface area (Å²) in [6, 6.07) is 4.92. The molecule has 0 spiro atoms. The molecule has 5 nitrogen and oxygen atoms in total. The molecule has 1 aromatic carbocycles. The number of likely N-dealkylation sites (tertiary alicyclic amines) is 1. The molecule has 2 aliphatic rings. The lowest BCUT2D eigenvalue weighted by molar-refractivity contribution is -0.132. The number of aryl methyl sites for hydroxylation is 3. The van der Waals surface area contributed by atoms with Gasteiger partial charge in [0, 0.05) is 48.8 Å². The van der Waals surface area contributed by atoms with Crippen LogP contribution in [0.15, 0.2) is 12.1 Å². The number of hydrogen-bond donors (Lipinski definition) is 1. The Labute approximate surface area is 161 Å². The van der Waals surface area contributed by atoms with Crippen molar-refractivity contribution in [2.24, 2.45) is 0 Å². The van der Waals surface area contributed by atoms with Crippen LogP contribution in [0.2, 0.25) is 0 Å². The first-order valence-corrected chi connectivity index (χ1v) is 10.2. The number of aromatic nitrogens is 1. The Morgan fingerprint density at radius 1 is 1.07 bits per heavy atom. The van der Waals surface area contributed by atoms with Crippen molar-refractivity contribution in [3.63, 3.8) is 0 Å². The van der Waals surface area contributed by atoms with Gasteiger partial charge in [-0.1, -0.05) is 12.1 Å². The lowest BCUT2D eigenvalue weighted by atomic mass is 9.99. The van der Waals surface area contributed by atoms with Crippen LogP contribution in [0, 0.1) is 20.8 Å². The summed E-state index contributed by atoms with van der Waals surface area (Å²) in [5.41, 5.74) is 5.96. The van der Waals surface area contributed by atoms with E-state index < -0.39 is 0 Å². The zero-order valence-electron chi connectivity index (χ0n) is 16.8. The van der Waals surface area contributed by atoms with E-state index in [4.69, 9.17) is 4.74 Å². The van der Waals surface area contributed by atoms with E-state index in [0.717, 1.165) is 57.9 Å². The number of hydrogen-bond acceptors (Lipinski definition) is 3. The summed E-state index contributed by atoms with van der Waals surface area (Å²) >= 11 is 0. The fourth-order valence-electron chi connectivity index (χ4n) is 4.72. The van der Waals surface area contributed by atoms with Crippen molar-refractivity contribution < 1.29 is 9.53 Å². The predicted molar refractivity (Wildman–Crippen MR) is 108 cm³/mol. The number of benzene rings is 1. The summed E-state index contributed by atoms with van der Waals surface area (Å²) in [6.07, 6.45) is 2.66. The maximum Gasteiger partial charge on any atom is 0.227 e. The zero-order valence-corrected chi connectivity index (χ0v) is 16.8. The molecule has 2 aromatic rings. The van der Waals surface area contributed by atoms with Gasteiger partial charge in [-0.2, -0.15) is 0 Å². The van der Waals surface area contributed by atoms with Crippen molar-refractivity contribution in [2.75, 3.05) is 39.4 Å². The molecule has 27 heavy (non-hydrogen) atoms. The number of piperidine rings is 1. The van der Waals surface area contributed by atoms with E-state index in [1.54, 1.807) is 0 Å². The van der Waals surface area contributed by atoms with Crippen LogP contribution in [-0.2, 0) is 16.0 Å². The molecule has 1 amide bonds. The summed E-state index contributed by atoms with van der Waals surface area (Å²) in [7, 11) is 0. The number of carbonyl (C=O) groups is 1. The molecule has 3 heterocycles. The number of ether oxygens (including phenoxy) is 1. The Morgan fingerprint density at radius 2 is 1.74 bits per heavy atom. The Hall–Kier alpha value is -1.85. The minimum absolute atomic E-state index is 0.264. The van der Waals surface area contributed by atoms with Gasteiger partial charge in [0.25, 0.3) is 0 Å². The van der Waals surface area contributed by atoms with Gasteiger partial charge in [0.2, 0.25) is 5.91 Å². The van der Waals surface area contributed by atoms with Gasteiger partial charge < -0.3 is 14.6 Å². The number of nitrogens with zero attached hydrogens (tertiary/aromatic N) is 2. The quantitative estimate of drug-likeness (QED) is 0.905. The fourth-order valence-corrected chi connectivity index (χ4v) is 4.72. The maximum absolute atomic E-state index is 13.0.